The summed E-state index contributed by atoms with van der Waals surface area (Å²) in [5.41, 5.74) is 3.87. The SMILES string of the molecule is COc1ccccc1N1N=C(c2ccc3c(c2)OCO3)NN1c1nc(C(F)F)c(Cl)s1. The highest BCUT2D eigenvalue weighted by Crippen LogP contribution is 2.40. The molecular formula is C19H14ClF2N5O3S. The molecule has 8 nitrogen and oxygen atoms in total. The molecule has 0 aliphatic carbocycles. The zero-order valence-corrected chi connectivity index (χ0v) is 17.5. The average Bonchev–Trinajstić information content (AvgIpc) is 3.50. The van der Waals surface area contributed by atoms with E-state index in [0.29, 0.717) is 34.3 Å². The Labute approximate surface area is 184 Å². The summed E-state index contributed by atoms with van der Waals surface area (Å²) in [6.45, 7) is 0.145. The highest BCUT2D eigenvalue weighted by atomic mass is 35.5. The fourth-order valence-corrected chi connectivity index (χ4v) is 4.17. The van der Waals surface area contributed by atoms with Gasteiger partial charge in [0.25, 0.3) is 6.43 Å². The van der Waals surface area contributed by atoms with Crippen LogP contribution in [0.4, 0.5) is 19.6 Å². The number of hydrazone groups is 1. The monoisotopic (exact) mass is 465 g/mol. The lowest BCUT2D eigenvalue weighted by Crippen LogP contribution is -2.44. The lowest BCUT2D eigenvalue weighted by Gasteiger charge is -2.26. The van der Waals surface area contributed by atoms with E-state index in [9.17, 15) is 8.78 Å². The summed E-state index contributed by atoms with van der Waals surface area (Å²) >= 11 is 6.90. The number of nitrogens with one attached hydrogen (secondary N) is 1. The normalized spacial score (nSPS) is 14.8. The van der Waals surface area contributed by atoms with Gasteiger partial charge >= 0.3 is 0 Å². The summed E-state index contributed by atoms with van der Waals surface area (Å²) in [7, 11) is 1.53. The van der Waals surface area contributed by atoms with Gasteiger partial charge in [-0.2, -0.15) is 0 Å². The zero-order chi connectivity index (χ0) is 21.5. The van der Waals surface area contributed by atoms with Gasteiger partial charge in [0, 0.05) is 5.56 Å². The van der Waals surface area contributed by atoms with Crippen LogP contribution in [-0.4, -0.2) is 24.7 Å². The van der Waals surface area contributed by atoms with E-state index >= 15 is 0 Å². The first-order valence-corrected chi connectivity index (χ1v) is 10.2. The number of halogens is 3. The molecule has 3 aromatic rings. The van der Waals surface area contributed by atoms with E-state index in [1.165, 1.54) is 17.3 Å². The standard InChI is InChI=1S/C19H14ClF2N5O3S/c1-28-12-5-3-2-4-11(12)26-24-18(10-6-7-13-14(8-10)30-9-29-13)25-27(26)19-23-15(17(21)22)16(20)31-19/h2-8,17H,9H2,1H3,(H,24,25). The summed E-state index contributed by atoms with van der Waals surface area (Å²) in [5.74, 6) is 2.19. The Bertz CT molecular complexity index is 1180. The molecule has 160 valence electrons. The third-order valence-corrected chi connectivity index (χ3v) is 5.79. The maximum absolute atomic E-state index is 13.3. The third kappa shape index (κ3) is 3.45. The van der Waals surface area contributed by atoms with Crippen molar-refractivity contribution in [2.45, 2.75) is 6.43 Å². The smallest absolute Gasteiger partial charge is 0.282 e. The van der Waals surface area contributed by atoms with E-state index < -0.39 is 12.1 Å². The van der Waals surface area contributed by atoms with Crippen molar-refractivity contribution in [2.24, 2.45) is 5.10 Å². The van der Waals surface area contributed by atoms with Gasteiger partial charge in [0.15, 0.2) is 17.3 Å². The predicted octanol–water partition coefficient (Wildman–Crippen LogP) is 4.58. The molecule has 31 heavy (non-hydrogen) atoms. The van der Waals surface area contributed by atoms with Crippen molar-refractivity contribution < 1.29 is 23.0 Å². The van der Waals surface area contributed by atoms with Crippen LogP contribution in [-0.2, 0) is 0 Å². The summed E-state index contributed by atoms with van der Waals surface area (Å²) in [6.07, 6.45) is -2.80. The lowest BCUT2D eigenvalue weighted by atomic mass is 10.2. The van der Waals surface area contributed by atoms with Crippen LogP contribution >= 0.6 is 22.9 Å². The Morgan fingerprint density at radius 1 is 1.19 bits per heavy atom. The van der Waals surface area contributed by atoms with Crippen LogP contribution in [0.15, 0.2) is 47.6 Å². The van der Waals surface area contributed by atoms with E-state index in [-0.39, 0.29) is 16.3 Å². The number of methoxy groups -OCH3 is 1. The van der Waals surface area contributed by atoms with Crippen molar-refractivity contribution in [1.82, 2.24) is 10.4 Å². The number of aromatic nitrogens is 1. The molecule has 0 spiro atoms. The summed E-state index contributed by atoms with van der Waals surface area (Å²) in [5, 5.41) is 7.72. The largest absolute Gasteiger partial charge is 0.494 e. The van der Waals surface area contributed by atoms with Crippen LogP contribution in [0.5, 0.6) is 17.2 Å². The molecule has 1 aromatic heterocycles. The first-order valence-electron chi connectivity index (χ1n) is 8.98. The Morgan fingerprint density at radius 2 is 2.00 bits per heavy atom. The van der Waals surface area contributed by atoms with Crippen LogP contribution in [0.25, 0.3) is 0 Å². The van der Waals surface area contributed by atoms with Crippen LogP contribution in [0, 0.1) is 0 Å². The topological polar surface area (TPSA) is 71.5 Å². The molecule has 0 saturated heterocycles. The summed E-state index contributed by atoms with van der Waals surface area (Å²) < 4.78 is 42.7. The molecule has 0 saturated carbocycles. The Balaban J connectivity index is 1.58. The fourth-order valence-electron chi connectivity index (χ4n) is 3.09. The number of fused-ring (bicyclic) bond motifs is 1. The fraction of sp³-hybridized carbons (Fsp3) is 0.158. The number of hydrogen-bond acceptors (Lipinski definition) is 9. The molecule has 0 fully saturated rings. The summed E-state index contributed by atoms with van der Waals surface area (Å²) in [6, 6.07) is 12.5. The van der Waals surface area contributed by atoms with Crippen molar-refractivity contribution in [1.29, 1.82) is 0 Å². The second kappa shape index (κ2) is 7.75. The third-order valence-electron chi connectivity index (χ3n) is 4.53. The molecular weight excluding hydrogens is 452 g/mol. The van der Waals surface area contributed by atoms with E-state index in [4.69, 9.17) is 25.8 Å². The highest BCUT2D eigenvalue weighted by Gasteiger charge is 2.33. The van der Waals surface area contributed by atoms with Crippen LogP contribution in [0.2, 0.25) is 4.34 Å². The van der Waals surface area contributed by atoms with E-state index in [1.807, 2.05) is 18.2 Å². The summed E-state index contributed by atoms with van der Waals surface area (Å²) in [4.78, 5) is 4.01. The van der Waals surface area contributed by atoms with E-state index in [1.54, 1.807) is 24.3 Å². The van der Waals surface area contributed by atoms with E-state index in [2.05, 4.69) is 15.5 Å². The number of benzene rings is 2. The minimum Gasteiger partial charge on any atom is -0.494 e. The van der Waals surface area contributed by atoms with Gasteiger partial charge in [-0.3, -0.25) is 5.43 Å². The first-order chi connectivity index (χ1) is 15.0. The first kappa shape index (κ1) is 19.6. The van der Waals surface area contributed by atoms with Gasteiger partial charge in [-0.05, 0) is 30.3 Å². The number of rotatable bonds is 5. The number of amidine groups is 1. The quantitative estimate of drug-likeness (QED) is 0.591. The van der Waals surface area contributed by atoms with Crippen molar-refractivity contribution in [3.63, 3.8) is 0 Å². The molecule has 2 aliphatic heterocycles. The maximum atomic E-state index is 13.3. The molecule has 2 aromatic carbocycles. The molecule has 0 unspecified atom stereocenters. The van der Waals surface area contributed by atoms with E-state index in [0.717, 1.165) is 11.3 Å². The van der Waals surface area contributed by atoms with Crippen LogP contribution in [0.1, 0.15) is 17.7 Å². The van der Waals surface area contributed by atoms with Gasteiger partial charge in [-0.25, -0.2) is 13.8 Å². The van der Waals surface area contributed by atoms with Gasteiger partial charge in [-0.15, -0.1) is 15.3 Å². The van der Waals surface area contributed by atoms with Gasteiger partial charge in [0.05, 0.1) is 7.11 Å². The molecule has 3 heterocycles. The molecule has 5 rings (SSSR count). The van der Waals surface area contributed by atoms with Gasteiger partial charge in [-0.1, -0.05) is 35.1 Å². The van der Waals surface area contributed by atoms with Gasteiger partial charge < -0.3 is 14.2 Å². The maximum Gasteiger partial charge on any atom is 0.282 e. The van der Waals surface area contributed by atoms with Crippen LogP contribution < -0.4 is 29.9 Å². The number of para-hydroxylation sites is 2. The Hall–Kier alpha value is -3.31. The molecule has 1 N–H and O–H groups in total. The number of ether oxygens (including phenoxy) is 3. The van der Waals surface area contributed by atoms with Crippen molar-refractivity contribution >= 4 is 39.6 Å². The average molecular weight is 466 g/mol. The Morgan fingerprint density at radius 3 is 2.77 bits per heavy atom. The molecule has 0 radical (unpaired) electrons. The zero-order valence-electron chi connectivity index (χ0n) is 15.9. The number of alkyl halides is 2. The molecule has 0 bridgehead atoms. The number of anilines is 2. The minimum atomic E-state index is -2.80. The second-order valence-corrected chi connectivity index (χ2v) is 7.94. The second-order valence-electron chi connectivity index (χ2n) is 6.36. The lowest BCUT2D eigenvalue weighted by molar-refractivity contribution is 0.147. The molecule has 0 atom stereocenters. The number of hydrazine groups is 2. The molecule has 12 heteroatoms. The van der Waals surface area contributed by atoms with Crippen LogP contribution in [0.3, 0.4) is 0 Å². The molecule has 2 aliphatic rings. The predicted molar refractivity (Wildman–Crippen MR) is 112 cm³/mol. The van der Waals surface area contributed by atoms with Crippen molar-refractivity contribution in [2.75, 3.05) is 24.1 Å². The number of thiazole rings is 1. The Kier molecular flexibility index (Phi) is 4.91. The molecule has 0 amide bonds. The van der Waals surface area contributed by atoms with Crippen molar-refractivity contribution in [3.05, 3.63) is 58.1 Å². The van der Waals surface area contributed by atoms with Gasteiger partial charge in [0.2, 0.25) is 11.9 Å². The minimum absolute atomic E-state index is 0.0942. The highest BCUT2D eigenvalue weighted by molar-refractivity contribution is 7.19. The van der Waals surface area contributed by atoms with Gasteiger partial charge in [0.1, 0.15) is 21.5 Å². The number of hydrogen-bond donors (Lipinski definition) is 1. The van der Waals surface area contributed by atoms with Crippen molar-refractivity contribution in [3.8, 4) is 17.2 Å². The number of nitrogens with zero attached hydrogens (tertiary/aromatic N) is 4.